The number of nitrogens with zero attached hydrogens (tertiary/aromatic N) is 2. The van der Waals surface area contributed by atoms with Gasteiger partial charge in [-0.1, -0.05) is 39.0 Å². The second-order valence-corrected chi connectivity index (χ2v) is 5.39. The summed E-state index contributed by atoms with van der Waals surface area (Å²) in [5, 5.41) is 8.77. The molecule has 0 radical (unpaired) electrons. The maximum absolute atomic E-state index is 10.7. The van der Waals surface area contributed by atoms with Gasteiger partial charge in [0.1, 0.15) is 5.75 Å². The smallest absolute Gasteiger partial charge is 0.356 e. The molecule has 0 amide bonds. The fourth-order valence-electron chi connectivity index (χ4n) is 1.77. The Balaban J connectivity index is 2.28. The molecular weight excluding hydrogens is 256 g/mol. The highest BCUT2D eigenvalue weighted by atomic mass is 16.5. The number of ether oxygens (including phenoxy) is 1. The first-order valence-corrected chi connectivity index (χ1v) is 6.20. The normalized spacial score (nSPS) is 11.2. The summed E-state index contributed by atoms with van der Waals surface area (Å²) in [5.41, 5.74) is 0.871. The van der Waals surface area contributed by atoms with Crippen LogP contribution in [-0.2, 0) is 5.41 Å². The number of carbonyl (C=O) groups is 1. The molecule has 0 aliphatic heterocycles. The Kier molecular flexibility index (Phi) is 3.70. The molecule has 1 heterocycles. The summed E-state index contributed by atoms with van der Waals surface area (Å²) in [6.45, 7) is 6.27. The quantitative estimate of drug-likeness (QED) is 0.928. The minimum Gasteiger partial charge on any atom is -0.476 e. The summed E-state index contributed by atoms with van der Waals surface area (Å²) in [7, 11) is 0. The first-order valence-electron chi connectivity index (χ1n) is 6.20. The van der Waals surface area contributed by atoms with Gasteiger partial charge in [0.05, 0.1) is 12.4 Å². The molecule has 5 heteroatoms. The Bertz CT molecular complexity index is 616. The van der Waals surface area contributed by atoms with Gasteiger partial charge in [-0.25, -0.2) is 14.8 Å². The molecule has 0 atom stereocenters. The molecule has 0 aliphatic carbocycles. The van der Waals surface area contributed by atoms with E-state index < -0.39 is 5.97 Å². The van der Waals surface area contributed by atoms with E-state index >= 15 is 0 Å². The van der Waals surface area contributed by atoms with Crippen LogP contribution < -0.4 is 4.74 Å². The van der Waals surface area contributed by atoms with Gasteiger partial charge in [-0.3, -0.25) is 0 Å². The lowest BCUT2D eigenvalue weighted by molar-refractivity contribution is 0.0690. The van der Waals surface area contributed by atoms with Crippen LogP contribution in [0.25, 0.3) is 0 Å². The van der Waals surface area contributed by atoms with Crippen LogP contribution in [0.4, 0.5) is 0 Å². The van der Waals surface area contributed by atoms with Gasteiger partial charge in [0.25, 0.3) is 0 Å². The Morgan fingerprint density at radius 1 is 1.15 bits per heavy atom. The minimum atomic E-state index is -1.11. The van der Waals surface area contributed by atoms with Crippen LogP contribution >= 0.6 is 0 Å². The van der Waals surface area contributed by atoms with Crippen molar-refractivity contribution in [3.05, 3.63) is 47.9 Å². The molecule has 5 nitrogen and oxygen atoms in total. The van der Waals surface area contributed by atoms with E-state index in [2.05, 4.69) is 30.7 Å². The molecule has 104 valence electrons. The molecular formula is C15H16N2O3. The van der Waals surface area contributed by atoms with E-state index in [1.54, 1.807) is 0 Å². The molecule has 2 aromatic rings. The number of hydrogen-bond acceptors (Lipinski definition) is 4. The Hall–Kier alpha value is -2.43. The molecule has 0 saturated heterocycles. The van der Waals surface area contributed by atoms with Crippen LogP contribution in [0.2, 0.25) is 0 Å². The summed E-state index contributed by atoms with van der Waals surface area (Å²) < 4.78 is 5.70. The van der Waals surface area contributed by atoms with E-state index in [-0.39, 0.29) is 17.0 Å². The second-order valence-electron chi connectivity index (χ2n) is 5.39. The van der Waals surface area contributed by atoms with Crippen LogP contribution in [0, 0.1) is 0 Å². The maximum Gasteiger partial charge on any atom is 0.356 e. The molecule has 0 saturated carbocycles. The maximum atomic E-state index is 10.7. The second kappa shape index (κ2) is 5.28. The highest BCUT2D eigenvalue weighted by Gasteiger charge is 2.19. The Morgan fingerprint density at radius 2 is 1.85 bits per heavy atom. The van der Waals surface area contributed by atoms with E-state index in [0.717, 1.165) is 5.56 Å². The molecule has 0 bridgehead atoms. The van der Waals surface area contributed by atoms with Crippen molar-refractivity contribution in [3.8, 4) is 11.6 Å². The third kappa shape index (κ3) is 3.12. The zero-order chi connectivity index (χ0) is 14.8. The number of rotatable bonds is 3. The van der Waals surface area contributed by atoms with Crippen LogP contribution in [0.1, 0.15) is 36.8 Å². The number of carboxylic acid groups (broad SMARTS) is 1. The molecule has 0 aliphatic rings. The number of aromatic nitrogens is 2. The molecule has 0 spiro atoms. The summed E-state index contributed by atoms with van der Waals surface area (Å²) in [4.78, 5) is 18.4. The van der Waals surface area contributed by atoms with E-state index in [9.17, 15) is 4.79 Å². The summed E-state index contributed by atoms with van der Waals surface area (Å²) >= 11 is 0. The average Bonchev–Trinajstić information content (AvgIpc) is 2.38. The van der Waals surface area contributed by atoms with Gasteiger partial charge in [-0.2, -0.15) is 0 Å². The van der Waals surface area contributed by atoms with Gasteiger partial charge in [-0.05, 0) is 11.5 Å². The standard InChI is InChI=1S/C15H16N2O3/c1-15(2,3)10-6-4-5-7-12(10)20-13-9-16-11(8-17-13)14(18)19/h4-9H,1-3H3,(H,18,19). The van der Waals surface area contributed by atoms with Crippen molar-refractivity contribution < 1.29 is 14.6 Å². The van der Waals surface area contributed by atoms with Crippen molar-refractivity contribution in [2.45, 2.75) is 26.2 Å². The predicted octanol–water partition coefficient (Wildman–Crippen LogP) is 3.26. The third-order valence-electron chi connectivity index (χ3n) is 2.76. The highest BCUT2D eigenvalue weighted by Crippen LogP contribution is 2.33. The SMILES string of the molecule is CC(C)(C)c1ccccc1Oc1cnc(C(=O)O)cn1. The lowest BCUT2D eigenvalue weighted by atomic mass is 9.86. The topological polar surface area (TPSA) is 72.3 Å². The first-order chi connectivity index (χ1) is 9.38. The lowest BCUT2D eigenvalue weighted by Crippen LogP contribution is -2.12. The average molecular weight is 272 g/mol. The van der Waals surface area contributed by atoms with Gasteiger partial charge in [-0.15, -0.1) is 0 Å². The fraction of sp³-hybridized carbons (Fsp3) is 0.267. The van der Waals surface area contributed by atoms with Crippen molar-refractivity contribution in [1.82, 2.24) is 9.97 Å². The lowest BCUT2D eigenvalue weighted by Gasteiger charge is -2.22. The monoisotopic (exact) mass is 272 g/mol. The first kappa shape index (κ1) is 14.0. The van der Waals surface area contributed by atoms with Crippen molar-refractivity contribution in [1.29, 1.82) is 0 Å². The van der Waals surface area contributed by atoms with Gasteiger partial charge < -0.3 is 9.84 Å². The zero-order valence-corrected chi connectivity index (χ0v) is 11.6. The summed E-state index contributed by atoms with van der Waals surface area (Å²) in [5.74, 6) is -0.150. The number of carboxylic acids is 1. The largest absolute Gasteiger partial charge is 0.476 e. The Morgan fingerprint density at radius 3 is 2.40 bits per heavy atom. The van der Waals surface area contributed by atoms with Crippen molar-refractivity contribution in [2.24, 2.45) is 0 Å². The van der Waals surface area contributed by atoms with Crippen LogP contribution in [0.3, 0.4) is 0 Å². The van der Waals surface area contributed by atoms with E-state index in [1.165, 1.54) is 12.4 Å². The van der Waals surface area contributed by atoms with Gasteiger partial charge >= 0.3 is 5.97 Å². The van der Waals surface area contributed by atoms with Crippen molar-refractivity contribution in [3.63, 3.8) is 0 Å². The van der Waals surface area contributed by atoms with Crippen LogP contribution in [-0.4, -0.2) is 21.0 Å². The molecule has 0 fully saturated rings. The van der Waals surface area contributed by atoms with Crippen molar-refractivity contribution >= 4 is 5.97 Å². The molecule has 0 unspecified atom stereocenters. The van der Waals surface area contributed by atoms with Crippen LogP contribution in [0.5, 0.6) is 11.6 Å². The molecule has 1 aromatic carbocycles. The Labute approximate surface area is 117 Å². The number of aromatic carboxylic acids is 1. The van der Waals surface area contributed by atoms with Crippen LogP contribution in [0.15, 0.2) is 36.7 Å². The molecule has 1 aromatic heterocycles. The molecule has 20 heavy (non-hydrogen) atoms. The van der Waals surface area contributed by atoms with Gasteiger partial charge in [0, 0.05) is 5.56 Å². The highest BCUT2D eigenvalue weighted by molar-refractivity contribution is 5.84. The zero-order valence-electron chi connectivity index (χ0n) is 11.6. The number of hydrogen-bond donors (Lipinski definition) is 1. The fourth-order valence-corrected chi connectivity index (χ4v) is 1.77. The number of para-hydroxylation sites is 1. The van der Waals surface area contributed by atoms with Gasteiger partial charge in [0.2, 0.25) is 5.88 Å². The van der Waals surface area contributed by atoms with E-state index in [4.69, 9.17) is 9.84 Å². The predicted molar refractivity (Wildman–Crippen MR) is 74.2 cm³/mol. The van der Waals surface area contributed by atoms with Crippen molar-refractivity contribution in [2.75, 3.05) is 0 Å². The molecule has 1 N–H and O–H groups in total. The third-order valence-corrected chi connectivity index (χ3v) is 2.76. The van der Waals surface area contributed by atoms with E-state index in [0.29, 0.717) is 5.75 Å². The van der Waals surface area contributed by atoms with E-state index in [1.807, 2.05) is 24.3 Å². The summed E-state index contributed by atoms with van der Waals surface area (Å²) in [6.07, 6.45) is 2.49. The minimum absolute atomic E-state index is 0.0645. The van der Waals surface area contributed by atoms with Gasteiger partial charge in [0.15, 0.2) is 5.69 Å². The molecule has 2 rings (SSSR count). The number of benzene rings is 1. The summed E-state index contributed by atoms with van der Waals surface area (Å²) in [6, 6.07) is 7.68.